The van der Waals surface area contributed by atoms with Crippen LogP contribution in [0.5, 0.6) is 0 Å². The summed E-state index contributed by atoms with van der Waals surface area (Å²) >= 11 is 0. The number of nitrogens with zero attached hydrogens (tertiary/aromatic N) is 1. The highest BCUT2D eigenvalue weighted by Gasteiger charge is 2.20. The molecule has 0 aromatic rings. The third-order valence-corrected chi connectivity index (χ3v) is 5.45. The third-order valence-electron chi connectivity index (χ3n) is 5.45. The first-order chi connectivity index (χ1) is 16.4. The van der Waals surface area contributed by atoms with Gasteiger partial charge in [-0.1, -0.05) is 32.1 Å². The topological polar surface area (TPSA) is 192 Å². The van der Waals surface area contributed by atoms with Crippen LogP contribution in [-0.2, 0) is 14.3 Å². The monoisotopic (exact) mass is 487 g/mol. The van der Waals surface area contributed by atoms with Crippen molar-refractivity contribution in [3.05, 3.63) is 0 Å². The maximum absolute atomic E-state index is 12.8. The second-order valence-electron chi connectivity index (χ2n) is 8.58. The number of nitrogens with one attached hydrogen (secondary N) is 2. The maximum atomic E-state index is 12.8. The van der Waals surface area contributed by atoms with Crippen LogP contribution in [0, 0.1) is 0 Å². The first kappa shape index (κ1) is 32.0. The maximum Gasteiger partial charge on any atom is 0.404 e. The Labute approximate surface area is 205 Å². The molecule has 0 aromatic heterocycles. The zero-order valence-corrected chi connectivity index (χ0v) is 20.9. The minimum atomic E-state index is -0.887. The number of nitrogens with two attached hydrogens (primary N) is 4. The van der Waals surface area contributed by atoms with E-state index in [-0.39, 0.29) is 37.6 Å². The molecule has 0 aliphatic heterocycles. The average Bonchev–Trinajstić information content (AvgIpc) is 2.81. The smallest absolute Gasteiger partial charge is 0.404 e. The van der Waals surface area contributed by atoms with Gasteiger partial charge in [-0.15, -0.1) is 0 Å². The molecule has 0 bridgehead atoms. The summed E-state index contributed by atoms with van der Waals surface area (Å²) in [4.78, 5) is 38.1. The molecule has 11 nitrogen and oxygen atoms in total. The van der Waals surface area contributed by atoms with E-state index in [0.29, 0.717) is 32.6 Å². The summed E-state index contributed by atoms with van der Waals surface area (Å²) in [6.07, 6.45) is 9.17. The minimum absolute atomic E-state index is 0.00884. The van der Waals surface area contributed by atoms with Gasteiger partial charge in [0.1, 0.15) is 6.61 Å². The van der Waals surface area contributed by atoms with Crippen LogP contribution >= 0.6 is 0 Å². The number of unbranched alkanes of at least 4 members (excludes halogenated alkanes) is 7. The molecule has 0 rings (SSSR count). The van der Waals surface area contributed by atoms with Gasteiger partial charge in [0.25, 0.3) is 0 Å². The number of carbonyl (C=O) groups is 3. The molecule has 0 saturated carbocycles. The first-order valence-corrected chi connectivity index (χ1v) is 12.7. The molecule has 0 fully saturated rings. The number of hydrogen-bond acceptors (Lipinski definition) is 8. The van der Waals surface area contributed by atoms with E-state index in [2.05, 4.69) is 10.6 Å². The molecule has 0 spiro atoms. The lowest BCUT2D eigenvalue weighted by Crippen LogP contribution is -2.48. The molecule has 3 amide bonds. The lowest BCUT2D eigenvalue weighted by Gasteiger charge is -2.25. The third kappa shape index (κ3) is 19.5. The Hall–Kier alpha value is -1.95. The van der Waals surface area contributed by atoms with Gasteiger partial charge in [0, 0.05) is 6.54 Å². The van der Waals surface area contributed by atoms with Crippen LogP contribution in [0.3, 0.4) is 0 Å². The lowest BCUT2D eigenvalue weighted by atomic mass is 10.1. The van der Waals surface area contributed by atoms with Crippen molar-refractivity contribution in [3.8, 4) is 0 Å². The molecule has 10 N–H and O–H groups in total. The predicted octanol–water partition coefficient (Wildman–Crippen LogP) is 0.152. The fourth-order valence-corrected chi connectivity index (χ4v) is 3.51. The van der Waals surface area contributed by atoms with Crippen molar-refractivity contribution in [1.29, 1.82) is 0 Å². The Balaban J connectivity index is 4.75. The van der Waals surface area contributed by atoms with Crippen molar-refractivity contribution in [3.63, 3.8) is 0 Å². The minimum Gasteiger partial charge on any atom is -0.448 e. The van der Waals surface area contributed by atoms with E-state index in [9.17, 15) is 14.4 Å². The van der Waals surface area contributed by atoms with Gasteiger partial charge >= 0.3 is 6.09 Å². The summed E-state index contributed by atoms with van der Waals surface area (Å²) < 4.78 is 4.88. The number of ether oxygens (including phenoxy) is 1. The summed E-state index contributed by atoms with van der Waals surface area (Å²) in [5.74, 6) is -0.394. The van der Waals surface area contributed by atoms with Crippen molar-refractivity contribution >= 4 is 17.9 Å². The molecule has 11 heteroatoms. The first-order valence-electron chi connectivity index (χ1n) is 12.7. The second-order valence-corrected chi connectivity index (χ2v) is 8.58. The van der Waals surface area contributed by atoms with E-state index in [1.165, 1.54) is 0 Å². The van der Waals surface area contributed by atoms with Gasteiger partial charge in [-0.3, -0.25) is 9.59 Å². The Kier molecular flexibility index (Phi) is 21.5. The van der Waals surface area contributed by atoms with Gasteiger partial charge in [0.15, 0.2) is 0 Å². The quantitative estimate of drug-likeness (QED) is 0.110. The molecular formula is C23H49N7O4. The standard InChI is InChI=1S/C23H49N7O4/c24-12-6-2-1-3-10-16-30(22(32)17-28-15-9-4-7-13-25)18-21(31)29-20(11-5-8-14-26)19-34-23(27)33/h20,28H,1-19,24-26H2,(H2,27,33)(H,29,31)/t20-/m1/s1. The van der Waals surface area contributed by atoms with E-state index in [4.69, 9.17) is 27.7 Å². The lowest BCUT2D eigenvalue weighted by molar-refractivity contribution is -0.135. The average molecular weight is 488 g/mol. The molecule has 34 heavy (non-hydrogen) atoms. The number of amides is 3. The highest BCUT2D eigenvalue weighted by molar-refractivity contribution is 5.85. The van der Waals surface area contributed by atoms with Gasteiger partial charge < -0.3 is 43.2 Å². The van der Waals surface area contributed by atoms with Crippen LogP contribution in [-0.4, -0.2) is 81.3 Å². The molecular weight excluding hydrogens is 438 g/mol. The van der Waals surface area contributed by atoms with Crippen molar-refractivity contribution in [1.82, 2.24) is 15.5 Å². The van der Waals surface area contributed by atoms with E-state index in [1.807, 2.05) is 0 Å². The molecule has 0 unspecified atom stereocenters. The summed E-state index contributed by atoms with van der Waals surface area (Å²) in [5, 5.41) is 6.04. The van der Waals surface area contributed by atoms with Crippen LogP contribution < -0.4 is 33.6 Å². The van der Waals surface area contributed by atoms with Gasteiger partial charge in [-0.25, -0.2) is 4.79 Å². The molecule has 0 aromatic carbocycles. The number of carbonyl (C=O) groups excluding carboxylic acids is 3. The molecule has 0 heterocycles. The Morgan fingerprint density at radius 3 is 2.03 bits per heavy atom. The molecule has 200 valence electrons. The predicted molar refractivity (Wildman–Crippen MR) is 135 cm³/mol. The highest BCUT2D eigenvalue weighted by Crippen LogP contribution is 2.06. The Morgan fingerprint density at radius 1 is 0.794 bits per heavy atom. The molecule has 0 saturated heterocycles. The summed E-state index contributed by atoms with van der Waals surface area (Å²) in [6.45, 7) is 3.29. The van der Waals surface area contributed by atoms with Crippen molar-refractivity contribution < 1.29 is 19.1 Å². The molecule has 0 aliphatic carbocycles. The van der Waals surface area contributed by atoms with Crippen LogP contribution in [0.2, 0.25) is 0 Å². The van der Waals surface area contributed by atoms with Gasteiger partial charge in [-0.05, 0) is 64.7 Å². The second kappa shape index (κ2) is 22.8. The molecule has 0 aliphatic rings. The molecule has 0 radical (unpaired) electrons. The zero-order valence-electron chi connectivity index (χ0n) is 20.9. The largest absolute Gasteiger partial charge is 0.448 e. The summed E-state index contributed by atoms with van der Waals surface area (Å²) in [5.41, 5.74) is 21.6. The number of rotatable bonds is 23. The van der Waals surface area contributed by atoms with Gasteiger partial charge in [0.05, 0.1) is 19.1 Å². The van der Waals surface area contributed by atoms with E-state index in [0.717, 1.165) is 70.8 Å². The van der Waals surface area contributed by atoms with Crippen LogP contribution in [0.4, 0.5) is 4.79 Å². The SMILES string of the molecule is NCCCCCCCN(CC(=O)N[C@H](CCCCN)COC(N)=O)C(=O)CNCCCCCN. The van der Waals surface area contributed by atoms with Gasteiger partial charge in [-0.2, -0.15) is 0 Å². The van der Waals surface area contributed by atoms with Crippen LogP contribution in [0.1, 0.15) is 70.6 Å². The van der Waals surface area contributed by atoms with E-state index >= 15 is 0 Å². The Morgan fingerprint density at radius 2 is 1.38 bits per heavy atom. The van der Waals surface area contributed by atoms with Crippen molar-refractivity contribution in [2.24, 2.45) is 22.9 Å². The fraction of sp³-hybridized carbons (Fsp3) is 0.870. The normalized spacial score (nSPS) is 11.7. The highest BCUT2D eigenvalue weighted by atomic mass is 16.5. The number of primary amides is 1. The fourth-order valence-electron chi connectivity index (χ4n) is 3.51. The summed E-state index contributed by atoms with van der Waals surface area (Å²) in [6, 6.07) is -0.375. The van der Waals surface area contributed by atoms with Crippen molar-refractivity contribution in [2.45, 2.75) is 76.7 Å². The van der Waals surface area contributed by atoms with E-state index in [1.54, 1.807) is 4.90 Å². The molecule has 1 atom stereocenters. The number of hydrogen-bond donors (Lipinski definition) is 6. The Bertz CT molecular complexity index is 537. The van der Waals surface area contributed by atoms with Crippen LogP contribution in [0.25, 0.3) is 0 Å². The zero-order chi connectivity index (χ0) is 25.4. The van der Waals surface area contributed by atoms with Crippen LogP contribution in [0.15, 0.2) is 0 Å². The van der Waals surface area contributed by atoms with Crippen molar-refractivity contribution in [2.75, 3.05) is 52.4 Å². The van der Waals surface area contributed by atoms with Gasteiger partial charge in [0.2, 0.25) is 11.8 Å². The van der Waals surface area contributed by atoms with E-state index < -0.39 is 6.09 Å². The summed E-state index contributed by atoms with van der Waals surface area (Å²) in [7, 11) is 0.